The maximum Gasteiger partial charge on any atom is 0.408 e. The Morgan fingerprint density at radius 1 is 1.05 bits per heavy atom. The Balaban J connectivity index is 2.07. The summed E-state index contributed by atoms with van der Waals surface area (Å²) in [5.41, 5.74) is 1.31. The summed E-state index contributed by atoms with van der Waals surface area (Å²) in [6, 6.07) is 10.4. The van der Waals surface area contributed by atoms with Gasteiger partial charge in [-0.1, -0.05) is 24.3 Å². The van der Waals surface area contributed by atoms with Gasteiger partial charge in [0.25, 0.3) is 0 Å². The van der Waals surface area contributed by atoms with Crippen LogP contribution in [0, 0.1) is 0 Å². The second-order valence-corrected chi connectivity index (χ2v) is 4.72. The topological polar surface area (TPSA) is 38.1 Å². The molecule has 1 heterocycles. The monoisotopic (exact) mass is 292 g/mol. The lowest BCUT2D eigenvalue weighted by molar-refractivity contribution is -0.142. The molecule has 3 rings (SSSR count). The molecule has 0 aliphatic carbocycles. The molecule has 0 fully saturated rings. The van der Waals surface area contributed by atoms with Crippen LogP contribution in [0.4, 0.5) is 13.2 Å². The third kappa shape index (κ3) is 2.69. The van der Waals surface area contributed by atoms with Crippen molar-refractivity contribution in [3.8, 4) is 16.9 Å². The van der Waals surface area contributed by atoms with Gasteiger partial charge in [0.1, 0.15) is 12.3 Å². The van der Waals surface area contributed by atoms with Crippen molar-refractivity contribution in [3.05, 3.63) is 48.8 Å². The number of aromatic nitrogens is 2. The highest BCUT2D eigenvalue weighted by Crippen LogP contribution is 2.33. The molecule has 0 bridgehead atoms. The number of halogens is 3. The van der Waals surface area contributed by atoms with E-state index in [9.17, 15) is 18.3 Å². The molecule has 0 radical (unpaired) electrons. The van der Waals surface area contributed by atoms with Gasteiger partial charge in [-0.15, -0.1) is 0 Å². The number of nitrogens with zero attached hydrogens (tertiary/aromatic N) is 2. The molecule has 108 valence electrons. The number of alkyl halides is 3. The first-order valence-electron chi connectivity index (χ1n) is 6.24. The van der Waals surface area contributed by atoms with Gasteiger partial charge < -0.3 is 5.11 Å². The predicted octanol–water partition coefficient (Wildman–Crippen LogP) is 3.97. The molecule has 3 nitrogen and oxygen atoms in total. The minimum Gasteiger partial charge on any atom is -0.507 e. The van der Waals surface area contributed by atoms with E-state index >= 15 is 0 Å². The third-order valence-corrected chi connectivity index (χ3v) is 3.19. The number of phenolic OH excluding ortho intramolecular Hbond substituents is 1. The van der Waals surface area contributed by atoms with Gasteiger partial charge in [-0.2, -0.15) is 18.3 Å². The van der Waals surface area contributed by atoms with E-state index in [0.717, 1.165) is 15.6 Å². The van der Waals surface area contributed by atoms with Gasteiger partial charge in [-0.05, 0) is 23.1 Å². The Kier molecular flexibility index (Phi) is 3.08. The first-order chi connectivity index (χ1) is 9.94. The number of rotatable bonds is 2. The third-order valence-electron chi connectivity index (χ3n) is 3.19. The van der Waals surface area contributed by atoms with Crippen molar-refractivity contribution >= 4 is 10.8 Å². The van der Waals surface area contributed by atoms with Crippen LogP contribution in [0.5, 0.6) is 5.75 Å². The number of aromatic hydroxyl groups is 1. The quantitative estimate of drug-likeness (QED) is 0.776. The van der Waals surface area contributed by atoms with Crippen molar-refractivity contribution in [2.75, 3.05) is 0 Å². The predicted molar refractivity (Wildman–Crippen MR) is 72.9 cm³/mol. The highest BCUT2D eigenvalue weighted by Gasteiger charge is 2.28. The van der Waals surface area contributed by atoms with E-state index in [0.29, 0.717) is 10.9 Å². The van der Waals surface area contributed by atoms with E-state index < -0.39 is 12.7 Å². The van der Waals surface area contributed by atoms with Crippen molar-refractivity contribution in [1.82, 2.24) is 9.78 Å². The van der Waals surface area contributed by atoms with Gasteiger partial charge in [0.2, 0.25) is 0 Å². The van der Waals surface area contributed by atoms with Gasteiger partial charge in [0.05, 0.1) is 6.20 Å². The summed E-state index contributed by atoms with van der Waals surface area (Å²) in [5, 5.41) is 15.0. The molecule has 0 saturated carbocycles. The SMILES string of the molecule is Oc1ccc(-c2cnn(CC(F)(F)F)c2)c2ccccc12. The second-order valence-electron chi connectivity index (χ2n) is 4.72. The Labute approximate surface area is 118 Å². The molecule has 0 aliphatic heterocycles. The van der Waals surface area contributed by atoms with E-state index in [2.05, 4.69) is 5.10 Å². The molecule has 21 heavy (non-hydrogen) atoms. The summed E-state index contributed by atoms with van der Waals surface area (Å²) in [6.45, 7) is -1.12. The number of hydrogen-bond donors (Lipinski definition) is 1. The molecular weight excluding hydrogens is 281 g/mol. The number of benzene rings is 2. The maximum absolute atomic E-state index is 12.4. The van der Waals surface area contributed by atoms with Gasteiger partial charge in [-0.25, -0.2) is 0 Å². The Hall–Kier alpha value is -2.50. The zero-order chi connectivity index (χ0) is 15.0. The summed E-state index contributed by atoms with van der Waals surface area (Å²) in [6.07, 6.45) is -1.56. The smallest absolute Gasteiger partial charge is 0.408 e. The van der Waals surface area contributed by atoms with Gasteiger partial charge >= 0.3 is 6.18 Å². The van der Waals surface area contributed by atoms with Crippen LogP contribution in [0.15, 0.2) is 48.8 Å². The molecule has 0 aliphatic rings. The summed E-state index contributed by atoms with van der Waals surface area (Å²) >= 11 is 0. The maximum atomic E-state index is 12.4. The van der Waals surface area contributed by atoms with Crippen molar-refractivity contribution in [1.29, 1.82) is 0 Å². The highest BCUT2D eigenvalue weighted by atomic mass is 19.4. The second kappa shape index (κ2) is 4.80. The fourth-order valence-corrected chi connectivity index (χ4v) is 2.31. The van der Waals surface area contributed by atoms with Crippen molar-refractivity contribution in [2.45, 2.75) is 12.7 Å². The average molecular weight is 292 g/mol. The van der Waals surface area contributed by atoms with Crippen LogP contribution in [0.2, 0.25) is 0 Å². The van der Waals surface area contributed by atoms with Gasteiger partial charge in [0, 0.05) is 17.1 Å². The van der Waals surface area contributed by atoms with Gasteiger partial charge in [0.15, 0.2) is 0 Å². The summed E-state index contributed by atoms with van der Waals surface area (Å²) in [5.74, 6) is 0.136. The fraction of sp³-hybridized carbons (Fsp3) is 0.133. The highest BCUT2D eigenvalue weighted by molar-refractivity contribution is 5.99. The first kappa shape index (κ1) is 13.5. The molecule has 3 aromatic rings. The van der Waals surface area contributed by atoms with Crippen LogP contribution < -0.4 is 0 Å². The molecule has 1 N–H and O–H groups in total. The molecule has 0 atom stereocenters. The van der Waals surface area contributed by atoms with Crippen LogP contribution in [-0.4, -0.2) is 21.1 Å². The lowest BCUT2D eigenvalue weighted by atomic mass is 10.00. The number of hydrogen-bond acceptors (Lipinski definition) is 2. The van der Waals surface area contributed by atoms with Crippen LogP contribution in [-0.2, 0) is 6.54 Å². The summed E-state index contributed by atoms with van der Waals surface area (Å²) in [4.78, 5) is 0. The van der Waals surface area contributed by atoms with Crippen LogP contribution in [0.3, 0.4) is 0 Å². The van der Waals surface area contributed by atoms with Crippen LogP contribution in [0.25, 0.3) is 21.9 Å². The molecule has 0 spiro atoms. The lowest BCUT2D eigenvalue weighted by Crippen LogP contribution is -2.17. The molecule has 0 unspecified atom stereocenters. The van der Waals surface area contributed by atoms with Crippen molar-refractivity contribution < 1.29 is 18.3 Å². The minimum atomic E-state index is -4.31. The number of fused-ring (bicyclic) bond motifs is 1. The largest absolute Gasteiger partial charge is 0.507 e. The van der Waals surface area contributed by atoms with E-state index in [1.807, 2.05) is 12.1 Å². The van der Waals surface area contributed by atoms with E-state index in [1.54, 1.807) is 18.2 Å². The molecule has 0 amide bonds. The Morgan fingerprint density at radius 3 is 2.48 bits per heavy atom. The number of phenols is 1. The van der Waals surface area contributed by atoms with E-state index in [4.69, 9.17) is 0 Å². The zero-order valence-corrected chi connectivity index (χ0v) is 10.8. The molecule has 1 aromatic heterocycles. The van der Waals surface area contributed by atoms with E-state index in [-0.39, 0.29) is 5.75 Å². The summed E-state index contributed by atoms with van der Waals surface area (Å²) < 4.78 is 38.0. The summed E-state index contributed by atoms with van der Waals surface area (Å²) in [7, 11) is 0. The molecule has 2 aromatic carbocycles. The minimum absolute atomic E-state index is 0.136. The van der Waals surface area contributed by atoms with Crippen molar-refractivity contribution in [3.63, 3.8) is 0 Å². The Morgan fingerprint density at radius 2 is 1.76 bits per heavy atom. The fourth-order valence-electron chi connectivity index (χ4n) is 2.31. The lowest BCUT2D eigenvalue weighted by Gasteiger charge is -2.07. The molecule has 6 heteroatoms. The normalized spacial score (nSPS) is 12.0. The van der Waals surface area contributed by atoms with Crippen LogP contribution in [0.1, 0.15) is 0 Å². The first-order valence-corrected chi connectivity index (χ1v) is 6.24. The zero-order valence-electron chi connectivity index (χ0n) is 10.8. The van der Waals surface area contributed by atoms with E-state index in [1.165, 1.54) is 18.5 Å². The Bertz CT molecular complexity index is 793. The average Bonchev–Trinajstić information content (AvgIpc) is 2.85. The van der Waals surface area contributed by atoms with Crippen LogP contribution >= 0.6 is 0 Å². The standard InChI is InChI=1S/C15H11F3N2O/c16-15(17,18)9-20-8-10(7-19-20)11-5-6-14(21)13-4-2-1-3-12(11)13/h1-8,21H,9H2. The molecule has 0 saturated heterocycles. The van der Waals surface area contributed by atoms with Gasteiger partial charge in [-0.3, -0.25) is 4.68 Å². The van der Waals surface area contributed by atoms with Crippen molar-refractivity contribution in [2.24, 2.45) is 0 Å². The molecular formula is C15H11F3N2O.